The van der Waals surface area contributed by atoms with Crippen molar-refractivity contribution in [3.8, 4) is 0 Å². The summed E-state index contributed by atoms with van der Waals surface area (Å²) in [5.74, 6) is 0.938. The fraction of sp³-hybridized carbons (Fsp3) is 0.421. The summed E-state index contributed by atoms with van der Waals surface area (Å²) >= 11 is 0. The molecule has 25 heavy (non-hydrogen) atoms. The molecule has 0 saturated carbocycles. The maximum Gasteiger partial charge on any atom is 0.274 e. The third-order valence-electron chi connectivity index (χ3n) is 4.36. The number of rotatable bonds is 4. The number of anilines is 2. The van der Waals surface area contributed by atoms with E-state index in [0.29, 0.717) is 43.7 Å². The molecule has 1 aliphatic rings. The zero-order valence-electron chi connectivity index (χ0n) is 15.0. The number of hydrogen-bond donors (Lipinski definition) is 1. The fourth-order valence-electron chi connectivity index (χ4n) is 2.91. The summed E-state index contributed by atoms with van der Waals surface area (Å²) in [6, 6.07) is 9.77. The van der Waals surface area contributed by atoms with Gasteiger partial charge in [0.15, 0.2) is 11.5 Å². The minimum atomic E-state index is -0.0962. The fourth-order valence-corrected chi connectivity index (χ4v) is 2.91. The first-order valence-corrected chi connectivity index (χ1v) is 8.63. The van der Waals surface area contributed by atoms with Crippen LogP contribution < -0.4 is 5.32 Å². The lowest BCUT2D eigenvalue weighted by Gasteiger charge is -2.26. The van der Waals surface area contributed by atoms with Gasteiger partial charge in [0.1, 0.15) is 0 Å². The largest absolute Gasteiger partial charge is 0.378 e. The highest BCUT2D eigenvalue weighted by molar-refractivity contribution is 5.92. The van der Waals surface area contributed by atoms with Gasteiger partial charge in [0, 0.05) is 18.8 Å². The van der Waals surface area contributed by atoms with E-state index in [1.54, 1.807) is 17.0 Å². The summed E-state index contributed by atoms with van der Waals surface area (Å²) in [6.07, 6.45) is 0. The smallest absolute Gasteiger partial charge is 0.274 e. The number of carbonyl (C=O) groups is 1. The van der Waals surface area contributed by atoms with E-state index >= 15 is 0 Å². The van der Waals surface area contributed by atoms with Crippen LogP contribution in [-0.4, -0.2) is 47.3 Å². The Labute approximate surface area is 148 Å². The third-order valence-corrected chi connectivity index (χ3v) is 4.36. The molecular weight excluding hydrogens is 316 g/mol. The van der Waals surface area contributed by atoms with Gasteiger partial charge < -0.3 is 15.0 Å². The van der Waals surface area contributed by atoms with Crippen molar-refractivity contribution in [2.45, 2.75) is 26.7 Å². The Kier molecular flexibility index (Phi) is 5.28. The minimum Gasteiger partial charge on any atom is -0.378 e. The number of benzene rings is 1. The third kappa shape index (κ3) is 3.96. The maximum atomic E-state index is 12.4. The highest BCUT2D eigenvalue weighted by atomic mass is 16.5. The van der Waals surface area contributed by atoms with E-state index in [4.69, 9.17) is 4.74 Å². The van der Waals surface area contributed by atoms with E-state index in [9.17, 15) is 4.79 Å². The second-order valence-electron chi connectivity index (χ2n) is 6.53. The molecule has 1 aliphatic heterocycles. The number of hydrogen-bond acceptors (Lipinski definition) is 5. The molecule has 1 saturated heterocycles. The summed E-state index contributed by atoms with van der Waals surface area (Å²) in [4.78, 5) is 14.2. The summed E-state index contributed by atoms with van der Waals surface area (Å²) in [5.41, 5.74) is 3.80. The number of ether oxygens (including phenoxy) is 1. The van der Waals surface area contributed by atoms with Crippen LogP contribution in [0.15, 0.2) is 30.3 Å². The van der Waals surface area contributed by atoms with Gasteiger partial charge in [-0.1, -0.05) is 32.0 Å². The van der Waals surface area contributed by atoms with Crippen LogP contribution in [0.5, 0.6) is 0 Å². The molecule has 0 atom stereocenters. The molecule has 132 valence electrons. The van der Waals surface area contributed by atoms with Crippen molar-refractivity contribution in [1.29, 1.82) is 0 Å². The first-order chi connectivity index (χ1) is 12.1. The number of amides is 1. The van der Waals surface area contributed by atoms with Gasteiger partial charge in [-0.05, 0) is 36.1 Å². The Balaban J connectivity index is 1.76. The van der Waals surface area contributed by atoms with Gasteiger partial charge in [0.05, 0.1) is 13.2 Å². The standard InChI is InChI=1S/C19H24N4O2/c1-13(2)15-6-4-5-14(3)18(15)20-17-8-7-16(21-22-17)19(24)23-9-11-25-12-10-23/h4-8,13H,9-12H2,1-3H3,(H,20,22). The van der Waals surface area contributed by atoms with Crippen molar-refractivity contribution in [2.75, 3.05) is 31.6 Å². The molecule has 6 nitrogen and oxygen atoms in total. The van der Waals surface area contributed by atoms with E-state index in [1.807, 2.05) is 0 Å². The predicted octanol–water partition coefficient (Wildman–Crippen LogP) is 3.12. The normalized spacial score (nSPS) is 14.6. The lowest BCUT2D eigenvalue weighted by molar-refractivity contribution is 0.0298. The number of nitrogens with zero attached hydrogens (tertiary/aromatic N) is 3. The van der Waals surface area contributed by atoms with Crippen molar-refractivity contribution in [1.82, 2.24) is 15.1 Å². The maximum absolute atomic E-state index is 12.4. The second-order valence-corrected chi connectivity index (χ2v) is 6.53. The molecule has 1 N–H and O–H groups in total. The average molecular weight is 340 g/mol. The van der Waals surface area contributed by atoms with Crippen LogP contribution in [0.25, 0.3) is 0 Å². The summed E-state index contributed by atoms with van der Waals surface area (Å²) in [6.45, 7) is 8.74. The SMILES string of the molecule is Cc1cccc(C(C)C)c1Nc1ccc(C(=O)N2CCOCC2)nn1. The van der Waals surface area contributed by atoms with Crippen LogP contribution in [0.3, 0.4) is 0 Å². The van der Waals surface area contributed by atoms with Crippen LogP contribution in [0, 0.1) is 6.92 Å². The molecule has 0 aliphatic carbocycles. The number of aryl methyl sites for hydroxylation is 1. The van der Waals surface area contributed by atoms with Crippen molar-refractivity contribution in [2.24, 2.45) is 0 Å². The Hall–Kier alpha value is -2.47. The van der Waals surface area contributed by atoms with Crippen molar-refractivity contribution < 1.29 is 9.53 Å². The lowest BCUT2D eigenvalue weighted by atomic mass is 9.98. The number of nitrogens with one attached hydrogen (secondary N) is 1. The average Bonchev–Trinajstić information content (AvgIpc) is 2.64. The first kappa shape index (κ1) is 17.4. The molecule has 0 unspecified atom stereocenters. The Morgan fingerprint density at radius 1 is 1.16 bits per heavy atom. The quantitative estimate of drug-likeness (QED) is 0.926. The Bertz CT molecular complexity index is 738. The van der Waals surface area contributed by atoms with Crippen LogP contribution in [0.2, 0.25) is 0 Å². The van der Waals surface area contributed by atoms with Gasteiger partial charge >= 0.3 is 0 Å². The first-order valence-electron chi connectivity index (χ1n) is 8.63. The molecular formula is C19H24N4O2. The van der Waals surface area contributed by atoms with E-state index in [-0.39, 0.29) is 5.91 Å². The van der Waals surface area contributed by atoms with Gasteiger partial charge in [0.2, 0.25) is 0 Å². The van der Waals surface area contributed by atoms with Gasteiger partial charge in [-0.15, -0.1) is 10.2 Å². The number of carbonyl (C=O) groups excluding carboxylic acids is 1. The monoisotopic (exact) mass is 340 g/mol. The van der Waals surface area contributed by atoms with Crippen LogP contribution in [0.1, 0.15) is 41.4 Å². The molecule has 2 aromatic rings. The highest BCUT2D eigenvalue weighted by Crippen LogP contribution is 2.29. The lowest BCUT2D eigenvalue weighted by Crippen LogP contribution is -2.41. The topological polar surface area (TPSA) is 67.4 Å². The van der Waals surface area contributed by atoms with Gasteiger partial charge in [-0.3, -0.25) is 4.79 Å². The summed E-state index contributed by atoms with van der Waals surface area (Å²) < 4.78 is 5.27. The van der Waals surface area contributed by atoms with Gasteiger partial charge in [-0.25, -0.2) is 0 Å². The molecule has 1 amide bonds. The molecule has 0 radical (unpaired) electrons. The molecule has 1 aromatic carbocycles. The van der Waals surface area contributed by atoms with Crippen molar-refractivity contribution >= 4 is 17.4 Å². The Morgan fingerprint density at radius 3 is 2.56 bits per heavy atom. The van der Waals surface area contributed by atoms with Gasteiger partial charge in [-0.2, -0.15) is 0 Å². The van der Waals surface area contributed by atoms with E-state index in [1.165, 1.54) is 5.56 Å². The predicted molar refractivity (Wildman–Crippen MR) is 97.3 cm³/mol. The molecule has 6 heteroatoms. The number of morpholine rings is 1. The number of para-hydroxylation sites is 1. The zero-order valence-corrected chi connectivity index (χ0v) is 15.0. The van der Waals surface area contributed by atoms with Crippen molar-refractivity contribution in [3.63, 3.8) is 0 Å². The second kappa shape index (κ2) is 7.61. The van der Waals surface area contributed by atoms with Gasteiger partial charge in [0.25, 0.3) is 5.91 Å². The molecule has 0 spiro atoms. The highest BCUT2D eigenvalue weighted by Gasteiger charge is 2.20. The van der Waals surface area contributed by atoms with E-state index < -0.39 is 0 Å². The number of aromatic nitrogens is 2. The molecule has 3 rings (SSSR count). The van der Waals surface area contributed by atoms with E-state index in [0.717, 1.165) is 11.3 Å². The molecule has 1 fully saturated rings. The van der Waals surface area contributed by atoms with Crippen LogP contribution >= 0.6 is 0 Å². The minimum absolute atomic E-state index is 0.0962. The summed E-state index contributed by atoms with van der Waals surface area (Å²) in [5, 5.41) is 11.7. The van der Waals surface area contributed by atoms with Crippen molar-refractivity contribution in [3.05, 3.63) is 47.2 Å². The molecule has 1 aromatic heterocycles. The Morgan fingerprint density at radius 2 is 1.92 bits per heavy atom. The van der Waals surface area contributed by atoms with E-state index in [2.05, 4.69) is 54.5 Å². The molecule has 0 bridgehead atoms. The summed E-state index contributed by atoms with van der Waals surface area (Å²) in [7, 11) is 0. The van der Waals surface area contributed by atoms with Crippen LogP contribution in [-0.2, 0) is 4.74 Å². The molecule has 2 heterocycles. The zero-order chi connectivity index (χ0) is 17.8. The van der Waals surface area contributed by atoms with Crippen LogP contribution in [0.4, 0.5) is 11.5 Å².